The van der Waals surface area contributed by atoms with E-state index < -0.39 is 23.7 Å². The first-order valence-corrected chi connectivity index (χ1v) is 10.7. The molecule has 31 heavy (non-hydrogen) atoms. The highest BCUT2D eigenvalue weighted by Crippen LogP contribution is 2.45. The molecule has 1 heterocycles. The van der Waals surface area contributed by atoms with E-state index in [0.717, 1.165) is 16.7 Å². The van der Waals surface area contributed by atoms with Gasteiger partial charge in [0.1, 0.15) is 5.75 Å². The Labute approximate surface area is 189 Å². The zero-order valence-electron chi connectivity index (χ0n) is 17.2. The van der Waals surface area contributed by atoms with Crippen molar-refractivity contribution in [2.75, 3.05) is 4.90 Å². The third kappa shape index (κ3) is 3.77. The van der Waals surface area contributed by atoms with Crippen LogP contribution in [0.5, 0.6) is 5.75 Å². The van der Waals surface area contributed by atoms with Crippen LogP contribution in [0.4, 0.5) is 5.69 Å². The van der Waals surface area contributed by atoms with Gasteiger partial charge in [-0.15, -0.1) is 0 Å². The molecule has 0 bridgehead atoms. The summed E-state index contributed by atoms with van der Waals surface area (Å²) in [6.45, 7) is 4.25. The number of halogens is 1. The van der Waals surface area contributed by atoms with Crippen LogP contribution in [0.25, 0.3) is 0 Å². The Hall–Kier alpha value is -2.96. The van der Waals surface area contributed by atoms with Crippen molar-refractivity contribution in [3.05, 3.63) is 93.0 Å². The molecule has 158 valence electrons. The van der Waals surface area contributed by atoms with Gasteiger partial charge < -0.3 is 15.1 Å². The molecule has 1 aliphatic heterocycles. The van der Waals surface area contributed by atoms with Crippen LogP contribution < -0.4 is 4.90 Å². The third-order valence-corrected chi connectivity index (χ3v) is 6.24. The summed E-state index contributed by atoms with van der Waals surface area (Å²) in [7, 11) is 0. The van der Waals surface area contributed by atoms with Crippen molar-refractivity contribution >= 4 is 33.3 Å². The number of nitrogens with zero attached hydrogens (tertiary/aromatic N) is 1. The van der Waals surface area contributed by atoms with Crippen LogP contribution in [-0.2, 0) is 16.9 Å². The summed E-state index contributed by atoms with van der Waals surface area (Å²) in [6.07, 6.45) is -0.462. The van der Waals surface area contributed by atoms with Gasteiger partial charge in [-0.05, 0) is 55.3 Å². The summed E-state index contributed by atoms with van der Waals surface area (Å²) < 4.78 is 0.695. The average Bonchev–Trinajstić information content (AvgIpc) is 2.92. The number of phenols is 1. The van der Waals surface area contributed by atoms with Gasteiger partial charge in [0, 0.05) is 10.0 Å². The molecule has 6 heteroatoms. The zero-order valence-corrected chi connectivity index (χ0v) is 18.8. The van der Waals surface area contributed by atoms with Gasteiger partial charge in [0.2, 0.25) is 0 Å². The molecule has 0 fully saturated rings. The van der Waals surface area contributed by atoms with E-state index >= 15 is 0 Å². The topological polar surface area (TPSA) is 77.8 Å². The lowest BCUT2D eigenvalue weighted by molar-refractivity contribution is -0.136. The molecule has 2 N–H and O–H groups in total. The van der Waals surface area contributed by atoms with Gasteiger partial charge in [-0.3, -0.25) is 9.59 Å². The number of carbonyl (C=O) groups is 2. The molecule has 1 amide bonds. The number of Topliss-reactive ketones (excluding diaryl/α,β-unsaturated/α-hetero) is 1. The van der Waals surface area contributed by atoms with Gasteiger partial charge in [-0.1, -0.05) is 51.8 Å². The van der Waals surface area contributed by atoms with Crippen LogP contribution in [0.1, 0.15) is 39.0 Å². The number of ketones is 1. The van der Waals surface area contributed by atoms with Gasteiger partial charge in [0.05, 0.1) is 24.2 Å². The predicted molar refractivity (Wildman–Crippen MR) is 122 cm³/mol. The summed E-state index contributed by atoms with van der Waals surface area (Å²) in [4.78, 5) is 28.0. The molecule has 0 unspecified atom stereocenters. The molecule has 4 rings (SSSR count). The number of aliphatic hydroxyl groups is 1. The Morgan fingerprint density at radius 1 is 1.06 bits per heavy atom. The second-order valence-corrected chi connectivity index (χ2v) is 8.88. The number of fused-ring (bicyclic) bond motifs is 1. The highest BCUT2D eigenvalue weighted by Gasteiger charge is 2.51. The van der Waals surface area contributed by atoms with Crippen LogP contribution >= 0.6 is 15.9 Å². The third-order valence-electron chi connectivity index (χ3n) is 5.75. The fraction of sp³-hybridized carbons (Fsp3) is 0.200. The minimum absolute atomic E-state index is 0.0771. The Balaban J connectivity index is 1.75. The Morgan fingerprint density at radius 3 is 2.55 bits per heavy atom. The van der Waals surface area contributed by atoms with Crippen LogP contribution in [0.3, 0.4) is 0 Å². The molecule has 1 atom stereocenters. The van der Waals surface area contributed by atoms with E-state index in [-0.39, 0.29) is 17.9 Å². The molecular weight excluding hydrogens is 458 g/mol. The van der Waals surface area contributed by atoms with Crippen molar-refractivity contribution < 1.29 is 19.8 Å². The number of hydrogen-bond acceptors (Lipinski definition) is 4. The largest absolute Gasteiger partial charge is 0.507 e. The average molecular weight is 480 g/mol. The summed E-state index contributed by atoms with van der Waals surface area (Å²) in [6, 6.07) is 17.4. The van der Waals surface area contributed by atoms with E-state index in [1.807, 2.05) is 32.0 Å². The van der Waals surface area contributed by atoms with Crippen LogP contribution in [0.15, 0.2) is 65.1 Å². The molecule has 0 aromatic heterocycles. The van der Waals surface area contributed by atoms with Crippen LogP contribution in [0.2, 0.25) is 0 Å². The molecule has 1 aliphatic rings. The molecule has 3 aromatic carbocycles. The molecule has 5 nitrogen and oxygen atoms in total. The molecule has 0 spiro atoms. The first-order valence-electron chi connectivity index (χ1n) is 9.92. The number of carbonyl (C=O) groups excluding carboxylic acids is 2. The van der Waals surface area contributed by atoms with Crippen molar-refractivity contribution in [3.8, 4) is 5.75 Å². The van der Waals surface area contributed by atoms with Gasteiger partial charge in [-0.25, -0.2) is 0 Å². The highest BCUT2D eigenvalue weighted by atomic mass is 79.9. The maximum atomic E-state index is 13.5. The van der Waals surface area contributed by atoms with Gasteiger partial charge in [0.25, 0.3) is 5.91 Å². The number of phenolic OH excluding ortho intramolecular Hbond substituents is 1. The molecule has 3 aromatic rings. The first kappa shape index (κ1) is 21.3. The van der Waals surface area contributed by atoms with E-state index in [9.17, 15) is 19.8 Å². The summed E-state index contributed by atoms with van der Waals surface area (Å²) >= 11 is 3.40. The minimum Gasteiger partial charge on any atom is -0.507 e. The maximum Gasteiger partial charge on any atom is 0.264 e. The van der Waals surface area contributed by atoms with E-state index in [2.05, 4.69) is 15.9 Å². The second-order valence-electron chi connectivity index (χ2n) is 7.96. The number of para-hydroxylation sites is 1. The van der Waals surface area contributed by atoms with E-state index in [0.29, 0.717) is 15.7 Å². The van der Waals surface area contributed by atoms with Crippen molar-refractivity contribution in [3.63, 3.8) is 0 Å². The Kier molecular flexibility index (Phi) is 5.45. The Morgan fingerprint density at radius 2 is 1.81 bits per heavy atom. The smallest absolute Gasteiger partial charge is 0.264 e. The van der Waals surface area contributed by atoms with E-state index in [4.69, 9.17) is 0 Å². The van der Waals surface area contributed by atoms with Gasteiger partial charge in [-0.2, -0.15) is 0 Å². The molecule has 0 saturated heterocycles. The number of aryl methyl sites for hydroxylation is 2. The number of rotatable bonds is 5. The normalized spacial score (nSPS) is 17.7. The lowest BCUT2D eigenvalue weighted by Gasteiger charge is -2.23. The SMILES string of the molecule is Cc1ccc(C)c(CN2C(=O)[C@](O)(CC(=O)c3ccccc3O)c3cc(Br)ccc32)c1. The van der Waals surface area contributed by atoms with Crippen molar-refractivity contribution in [2.45, 2.75) is 32.4 Å². The number of benzene rings is 3. The maximum absolute atomic E-state index is 13.5. The second kappa shape index (κ2) is 7.94. The van der Waals surface area contributed by atoms with Crippen molar-refractivity contribution in [2.24, 2.45) is 0 Å². The predicted octanol–water partition coefficient (Wildman–Crippen LogP) is 4.78. The monoisotopic (exact) mass is 479 g/mol. The van der Waals surface area contributed by atoms with Gasteiger partial charge >= 0.3 is 0 Å². The van der Waals surface area contributed by atoms with Crippen LogP contribution in [-0.4, -0.2) is 21.9 Å². The van der Waals surface area contributed by atoms with Crippen molar-refractivity contribution in [1.29, 1.82) is 0 Å². The minimum atomic E-state index is -2.02. The molecule has 0 saturated carbocycles. The fourth-order valence-electron chi connectivity index (χ4n) is 4.03. The Bertz CT molecular complexity index is 1210. The van der Waals surface area contributed by atoms with Crippen molar-refractivity contribution in [1.82, 2.24) is 0 Å². The first-order chi connectivity index (χ1) is 14.7. The van der Waals surface area contributed by atoms with E-state index in [1.54, 1.807) is 30.3 Å². The van der Waals surface area contributed by atoms with E-state index in [1.165, 1.54) is 17.0 Å². The number of anilines is 1. The summed E-state index contributed by atoms with van der Waals surface area (Å²) in [5.41, 5.74) is 2.09. The highest BCUT2D eigenvalue weighted by molar-refractivity contribution is 9.10. The fourth-order valence-corrected chi connectivity index (χ4v) is 4.39. The molecular formula is C25H22BrNO4. The summed E-state index contributed by atoms with van der Waals surface area (Å²) in [5.74, 6) is -1.23. The molecule has 0 radical (unpaired) electrons. The lowest BCUT2D eigenvalue weighted by atomic mass is 9.88. The number of hydrogen-bond donors (Lipinski definition) is 2. The lowest BCUT2D eigenvalue weighted by Crippen LogP contribution is -2.41. The standard InChI is InChI=1S/C25H22BrNO4/c1-15-7-8-16(2)17(11-15)14-27-21-10-9-18(26)12-20(21)25(31,24(27)30)13-23(29)19-5-3-4-6-22(19)28/h3-12,28,31H,13-14H2,1-2H3/t25-/m0/s1. The zero-order chi connectivity index (χ0) is 22.3. The number of amides is 1. The summed E-state index contributed by atoms with van der Waals surface area (Å²) in [5, 5.41) is 21.6. The molecule has 0 aliphatic carbocycles. The quantitative estimate of drug-likeness (QED) is 0.516. The number of aromatic hydroxyl groups is 1. The van der Waals surface area contributed by atoms with Crippen LogP contribution in [0, 0.1) is 13.8 Å². The van der Waals surface area contributed by atoms with Gasteiger partial charge in [0.15, 0.2) is 11.4 Å².